The number of carbonyl (C=O) groups excluding carboxylic acids is 1. The minimum atomic E-state index is -0.245. The van der Waals surface area contributed by atoms with Crippen LogP contribution in [0.4, 0.5) is 5.95 Å². The molecule has 0 saturated heterocycles. The van der Waals surface area contributed by atoms with E-state index in [-0.39, 0.29) is 11.9 Å². The van der Waals surface area contributed by atoms with Crippen LogP contribution < -0.4 is 5.32 Å². The van der Waals surface area contributed by atoms with E-state index in [0.29, 0.717) is 5.56 Å². The number of carbonyl (C=O) groups is 1. The lowest BCUT2D eigenvalue weighted by Gasteiger charge is -2.07. The normalized spacial score (nSPS) is 10.3. The first-order valence-electron chi connectivity index (χ1n) is 6.43. The Balaban J connectivity index is 2.17. The molecule has 0 aliphatic heterocycles. The average Bonchev–Trinajstić information content (AvgIpc) is 2.47. The van der Waals surface area contributed by atoms with Gasteiger partial charge in [0.25, 0.3) is 5.91 Å². The number of amides is 1. The van der Waals surface area contributed by atoms with Crippen LogP contribution in [-0.4, -0.2) is 21.1 Å². The number of nitrogens with zero attached hydrogens (tertiary/aromatic N) is 3. The minimum Gasteiger partial charge on any atom is -0.289 e. The first kappa shape index (κ1) is 14.6. The number of rotatable bonds is 4. The van der Waals surface area contributed by atoms with Gasteiger partial charge >= 0.3 is 0 Å². The van der Waals surface area contributed by atoms with Gasteiger partial charge in [0.1, 0.15) is 0 Å². The van der Waals surface area contributed by atoms with Crippen molar-refractivity contribution in [3.8, 4) is 0 Å². The van der Waals surface area contributed by atoms with Gasteiger partial charge in [0, 0.05) is 10.0 Å². The van der Waals surface area contributed by atoms with Crippen molar-refractivity contribution in [2.75, 3.05) is 5.32 Å². The van der Waals surface area contributed by atoms with Crippen LogP contribution in [0.25, 0.3) is 0 Å². The molecule has 0 aliphatic carbocycles. The van der Waals surface area contributed by atoms with E-state index in [0.717, 1.165) is 28.7 Å². The molecule has 0 saturated carbocycles. The summed E-state index contributed by atoms with van der Waals surface area (Å²) in [6.45, 7) is 4.01. The third-order valence-electron chi connectivity index (χ3n) is 2.84. The molecule has 1 N–H and O–H groups in total. The summed E-state index contributed by atoms with van der Waals surface area (Å²) in [5, 5.41) is 10.7. The molecular weight excluding hydrogens is 320 g/mol. The lowest BCUT2D eigenvalue weighted by molar-refractivity contribution is 0.102. The summed E-state index contributed by atoms with van der Waals surface area (Å²) >= 11 is 3.33. The van der Waals surface area contributed by atoms with Gasteiger partial charge in [-0.3, -0.25) is 10.1 Å². The van der Waals surface area contributed by atoms with Crippen molar-refractivity contribution in [3.05, 3.63) is 45.7 Å². The number of halogens is 1. The van der Waals surface area contributed by atoms with Gasteiger partial charge in [0.15, 0.2) is 0 Å². The molecule has 1 aromatic carbocycles. The Bertz CT molecular complexity index is 613. The van der Waals surface area contributed by atoms with Crippen LogP contribution >= 0.6 is 15.9 Å². The van der Waals surface area contributed by atoms with Gasteiger partial charge in [-0.2, -0.15) is 0 Å². The molecule has 1 heterocycles. The summed E-state index contributed by atoms with van der Waals surface area (Å²) in [4.78, 5) is 16.4. The Labute approximate surface area is 126 Å². The predicted molar refractivity (Wildman–Crippen MR) is 80.7 cm³/mol. The molecule has 2 rings (SSSR count). The quantitative estimate of drug-likeness (QED) is 0.933. The Kier molecular flexibility index (Phi) is 4.79. The third-order valence-corrected chi connectivity index (χ3v) is 3.37. The molecule has 0 bridgehead atoms. The van der Waals surface area contributed by atoms with Gasteiger partial charge in [0.05, 0.1) is 11.4 Å². The van der Waals surface area contributed by atoms with Crippen molar-refractivity contribution in [3.63, 3.8) is 0 Å². The van der Waals surface area contributed by atoms with Crippen molar-refractivity contribution in [1.82, 2.24) is 15.2 Å². The molecule has 0 radical (unpaired) electrons. The number of aryl methyl sites for hydroxylation is 2. The number of nitrogens with one attached hydrogen (secondary N) is 1. The van der Waals surface area contributed by atoms with Gasteiger partial charge in [-0.15, -0.1) is 10.2 Å². The molecule has 1 aromatic heterocycles. The van der Waals surface area contributed by atoms with Crippen LogP contribution in [0.1, 0.15) is 35.6 Å². The minimum absolute atomic E-state index is 0.243. The van der Waals surface area contributed by atoms with Crippen molar-refractivity contribution in [2.24, 2.45) is 0 Å². The number of hydrogen-bond donors (Lipinski definition) is 1. The zero-order valence-electron chi connectivity index (χ0n) is 11.4. The van der Waals surface area contributed by atoms with E-state index in [1.165, 1.54) is 0 Å². The second kappa shape index (κ2) is 6.56. The second-order valence-corrected chi connectivity index (χ2v) is 5.11. The zero-order valence-corrected chi connectivity index (χ0v) is 12.9. The highest BCUT2D eigenvalue weighted by molar-refractivity contribution is 9.10. The van der Waals surface area contributed by atoms with Crippen LogP contribution in [0.3, 0.4) is 0 Å². The lowest BCUT2D eigenvalue weighted by Crippen LogP contribution is -2.16. The number of anilines is 1. The van der Waals surface area contributed by atoms with E-state index in [1.54, 1.807) is 12.1 Å². The van der Waals surface area contributed by atoms with Gasteiger partial charge in [-0.05, 0) is 37.1 Å². The highest BCUT2D eigenvalue weighted by Gasteiger charge is 2.10. The summed E-state index contributed by atoms with van der Waals surface area (Å²) in [6, 6.07) is 7.08. The van der Waals surface area contributed by atoms with Gasteiger partial charge in [-0.25, -0.2) is 4.98 Å². The van der Waals surface area contributed by atoms with Crippen molar-refractivity contribution < 1.29 is 4.79 Å². The van der Waals surface area contributed by atoms with E-state index in [2.05, 4.69) is 36.4 Å². The first-order chi connectivity index (χ1) is 9.63. The van der Waals surface area contributed by atoms with Crippen molar-refractivity contribution in [1.29, 1.82) is 0 Å². The van der Waals surface area contributed by atoms with Crippen molar-refractivity contribution >= 4 is 27.8 Å². The Hall–Kier alpha value is -1.82. The fourth-order valence-corrected chi connectivity index (χ4v) is 2.03. The molecule has 104 valence electrons. The molecule has 20 heavy (non-hydrogen) atoms. The van der Waals surface area contributed by atoms with Crippen molar-refractivity contribution in [2.45, 2.75) is 26.7 Å². The maximum absolute atomic E-state index is 12.0. The number of benzene rings is 1. The summed E-state index contributed by atoms with van der Waals surface area (Å²) in [7, 11) is 0. The Morgan fingerprint density at radius 3 is 2.35 bits per heavy atom. The van der Waals surface area contributed by atoms with E-state index in [9.17, 15) is 4.79 Å². The molecular formula is C14H15BrN4O. The summed E-state index contributed by atoms with van der Waals surface area (Å²) in [6.07, 6.45) is 1.55. The second-order valence-electron chi connectivity index (χ2n) is 4.20. The van der Waals surface area contributed by atoms with E-state index >= 15 is 0 Å². The number of hydrogen-bond acceptors (Lipinski definition) is 4. The van der Waals surface area contributed by atoms with Crippen LogP contribution in [0.15, 0.2) is 28.7 Å². The SMILES string of the molecule is CCc1nnc(NC(=O)c2ccc(Br)cc2)nc1CC. The number of aromatic nitrogens is 3. The van der Waals surface area contributed by atoms with E-state index < -0.39 is 0 Å². The molecule has 0 unspecified atom stereocenters. The molecule has 0 aliphatic rings. The predicted octanol–water partition coefficient (Wildman–Crippen LogP) is 3.01. The summed E-state index contributed by atoms with van der Waals surface area (Å²) in [5.74, 6) is -0.00225. The third kappa shape index (κ3) is 3.39. The molecule has 6 heteroatoms. The Morgan fingerprint density at radius 2 is 1.75 bits per heavy atom. The van der Waals surface area contributed by atoms with E-state index in [1.807, 2.05) is 26.0 Å². The molecule has 5 nitrogen and oxygen atoms in total. The van der Waals surface area contributed by atoms with Crippen LogP contribution in [-0.2, 0) is 12.8 Å². The lowest BCUT2D eigenvalue weighted by atomic mass is 10.2. The highest BCUT2D eigenvalue weighted by atomic mass is 79.9. The van der Waals surface area contributed by atoms with Crippen LogP contribution in [0.2, 0.25) is 0 Å². The van der Waals surface area contributed by atoms with Gasteiger partial charge < -0.3 is 0 Å². The van der Waals surface area contributed by atoms with Gasteiger partial charge in [-0.1, -0.05) is 29.8 Å². The molecule has 1 amide bonds. The standard InChI is InChI=1S/C14H15BrN4O/c1-3-11-12(4-2)18-19-14(16-11)17-13(20)9-5-7-10(15)8-6-9/h5-8H,3-4H2,1-2H3,(H,16,17,19,20). The van der Waals surface area contributed by atoms with E-state index in [4.69, 9.17) is 0 Å². The largest absolute Gasteiger partial charge is 0.289 e. The molecule has 0 spiro atoms. The average molecular weight is 335 g/mol. The maximum atomic E-state index is 12.0. The fraction of sp³-hybridized carbons (Fsp3) is 0.286. The summed E-state index contributed by atoms with van der Waals surface area (Å²) in [5.41, 5.74) is 2.29. The Morgan fingerprint density at radius 1 is 1.10 bits per heavy atom. The summed E-state index contributed by atoms with van der Waals surface area (Å²) < 4.78 is 0.924. The highest BCUT2D eigenvalue weighted by Crippen LogP contribution is 2.12. The van der Waals surface area contributed by atoms with Crippen LogP contribution in [0.5, 0.6) is 0 Å². The topological polar surface area (TPSA) is 67.8 Å². The van der Waals surface area contributed by atoms with Gasteiger partial charge in [0.2, 0.25) is 5.95 Å². The monoisotopic (exact) mass is 334 g/mol. The van der Waals surface area contributed by atoms with Crippen LogP contribution in [0, 0.1) is 0 Å². The first-order valence-corrected chi connectivity index (χ1v) is 7.22. The fourth-order valence-electron chi connectivity index (χ4n) is 1.77. The maximum Gasteiger partial charge on any atom is 0.258 e. The molecule has 2 aromatic rings. The molecule has 0 fully saturated rings. The zero-order chi connectivity index (χ0) is 14.5. The molecule has 0 atom stereocenters. The smallest absolute Gasteiger partial charge is 0.258 e.